The van der Waals surface area contributed by atoms with Gasteiger partial charge < -0.3 is 10.1 Å². The van der Waals surface area contributed by atoms with E-state index in [1.807, 2.05) is 67.6 Å². The largest absolute Gasteiger partial charge is 0.476 e. The summed E-state index contributed by atoms with van der Waals surface area (Å²) in [6, 6.07) is 19.3. The van der Waals surface area contributed by atoms with Crippen molar-refractivity contribution in [2.24, 2.45) is 0 Å². The molecule has 28 heavy (non-hydrogen) atoms. The predicted octanol–water partition coefficient (Wildman–Crippen LogP) is 4.29. The first-order valence-electron chi connectivity index (χ1n) is 9.24. The number of aryl methyl sites for hydroxylation is 1. The smallest absolute Gasteiger partial charge is 0.271 e. The summed E-state index contributed by atoms with van der Waals surface area (Å²) in [5, 5.41) is 4.96. The standard InChI is InChI=1S/C23H22N2O3/c1-15-11-12-20-19(13-15)25(22(27)23(2,3)28-20)14-21(26)24-18-10-6-8-16-7-4-5-9-17(16)18/h4-13H,14H2,1-3H3,(H,24,26). The molecule has 0 atom stereocenters. The first-order valence-corrected chi connectivity index (χ1v) is 9.24. The van der Waals surface area contributed by atoms with Crippen molar-refractivity contribution in [3.8, 4) is 5.75 Å². The van der Waals surface area contributed by atoms with E-state index in [4.69, 9.17) is 4.74 Å². The van der Waals surface area contributed by atoms with E-state index in [-0.39, 0.29) is 18.4 Å². The molecule has 5 heteroatoms. The van der Waals surface area contributed by atoms with Gasteiger partial charge in [-0.2, -0.15) is 0 Å². The second kappa shape index (κ2) is 6.68. The zero-order valence-electron chi connectivity index (χ0n) is 16.2. The van der Waals surface area contributed by atoms with Crippen molar-refractivity contribution in [2.45, 2.75) is 26.4 Å². The van der Waals surface area contributed by atoms with Crippen LogP contribution in [0.5, 0.6) is 5.75 Å². The molecule has 0 aromatic heterocycles. The summed E-state index contributed by atoms with van der Waals surface area (Å²) in [6.07, 6.45) is 0. The number of nitrogens with one attached hydrogen (secondary N) is 1. The molecule has 0 fully saturated rings. The lowest BCUT2D eigenvalue weighted by Gasteiger charge is -2.38. The number of benzene rings is 3. The van der Waals surface area contributed by atoms with Crippen LogP contribution in [0.25, 0.3) is 10.8 Å². The fourth-order valence-corrected chi connectivity index (χ4v) is 3.50. The molecule has 4 rings (SSSR count). The van der Waals surface area contributed by atoms with Crippen LogP contribution in [0.4, 0.5) is 11.4 Å². The molecule has 3 aromatic carbocycles. The van der Waals surface area contributed by atoms with Gasteiger partial charge in [-0.05, 0) is 49.9 Å². The van der Waals surface area contributed by atoms with E-state index < -0.39 is 5.60 Å². The number of hydrogen-bond donors (Lipinski definition) is 1. The predicted molar refractivity (Wildman–Crippen MR) is 111 cm³/mol. The Bertz CT molecular complexity index is 1080. The summed E-state index contributed by atoms with van der Waals surface area (Å²) in [7, 11) is 0. The number of amides is 2. The number of anilines is 2. The highest BCUT2D eigenvalue weighted by Crippen LogP contribution is 2.38. The molecule has 0 radical (unpaired) electrons. The minimum atomic E-state index is -1.03. The van der Waals surface area contributed by atoms with Crippen molar-refractivity contribution in [3.05, 3.63) is 66.2 Å². The normalized spacial score (nSPS) is 15.1. The van der Waals surface area contributed by atoms with Crippen LogP contribution < -0.4 is 15.0 Å². The SMILES string of the molecule is Cc1ccc2c(c1)N(CC(=O)Nc1cccc3ccccc13)C(=O)C(C)(C)O2. The van der Waals surface area contributed by atoms with Crippen LogP contribution >= 0.6 is 0 Å². The summed E-state index contributed by atoms with van der Waals surface area (Å²) in [5.41, 5.74) is 1.32. The highest BCUT2D eigenvalue weighted by molar-refractivity contribution is 6.09. The summed E-state index contributed by atoms with van der Waals surface area (Å²) in [6.45, 7) is 5.30. The lowest BCUT2D eigenvalue weighted by atomic mass is 10.0. The maximum absolute atomic E-state index is 12.9. The van der Waals surface area contributed by atoms with Gasteiger partial charge in [-0.3, -0.25) is 14.5 Å². The van der Waals surface area contributed by atoms with Crippen LogP contribution in [0.2, 0.25) is 0 Å². The Morgan fingerprint density at radius 3 is 2.64 bits per heavy atom. The van der Waals surface area contributed by atoms with Crippen LogP contribution in [0.1, 0.15) is 19.4 Å². The third-order valence-electron chi connectivity index (χ3n) is 4.90. The van der Waals surface area contributed by atoms with Gasteiger partial charge in [0.25, 0.3) is 5.91 Å². The van der Waals surface area contributed by atoms with Gasteiger partial charge in [0.1, 0.15) is 12.3 Å². The molecular weight excluding hydrogens is 352 g/mol. The molecular formula is C23H22N2O3. The summed E-state index contributed by atoms with van der Waals surface area (Å²) in [5.74, 6) is 0.113. The van der Waals surface area contributed by atoms with Crippen LogP contribution in [-0.2, 0) is 9.59 Å². The number of carbonyl (C=O) groups is 2. The highest BCUT2D eigenvalue weighted by atomic mass is 16.5. The molecule has 2 amide bonds. The number of ether oxygens (including phenoxy) is 1. The Morgan fingerprint density at radius 2 is 1.82 bits per heavy atom. The summed E-state index contributed by atoms with van der Waals surface area (Å²) < 4.78 is 5.85. The minimum Gasteiger partial charge on any atom is -0.476 e. The van der Waals surface area contributed by atoms with E-state index in [2.05, 4.69) is 5.32 Å². The average molecular weight is 374 g/mol. The van der Waals surface area contributed by atoms with Crippen molar-refractivity contribution in [1.29, 1.82) is 0 Å². The molecule has 1 aliphatic heterocycles. The Labute approximate surface area is 163 Å². The molecule has 3 aromatic rings. The Hall–Kier alpha value is -3.34. The van der Waals surface area contributed by atoms with Gasteiger partial charge in [-0.25, -0.2) is 0 Å². The van der Waals surface area contributed by atoms with Crippen LogP contribution in [-0.4, -0.2) is 24.0 Å². The minimum absolute atomic E-state index is 0.0781. The number of carbonyl (C=O) groups excluding carboxylic acids is 2. The first-order chi connectivity index (χ1) is 13.3. The Morgan fingerprint density at radius 1 is 1.07 bits per heavy atom. The Kier molecular flexibility index (Phi) is 4.30. The number of hydrogen-bond acceptors (Lipinski definition) is 3. The van der Waals surface area contributed by atoms with Crippen LogP contribution in [0.15, 0.2) is 60.7 Å². The van der Waals surface area contributed by atoms with Gasteiger partial charge in [-0.1, -0.05) is 42.5 Å². The second-order valence-corrected chi connectivity index (χ2v) is 7.55. The van der Waals surface area contributed by atoms with E-state index >= 15 is 0 Å². The molecule has 1 N–H and O–H groups in total. The molecule has 0 saturated carbocycles. The number of rotatable bonds is 3. The van der Waals surface area contributed by atoms with E-state index in [0.29, 0.717) is 11.4 Å². The van der Waals surface area contributed by atoms with Crippen LogP contribution in [0.3, 0.4) is 0 Å². The second-order valence-electron chi connectivity index (χ2n) is 7.55. The van der Waals surface area contributed by atoms with Gasteiger partial charge in [0.05, 0.1) is 5.69 Å². The monoisotopic (exact) mass is 374 g/mol. The lowest BCUT2D eigenvalue weighted by molar-refractivity contribution is -0.133. The molecule has 1 aliphatic rings. The average Bonchev–Trinajstić information content (AvgIpc) is 2.66. The molecule has 0 spiro atoms. The van der Waals surface area contributed by atoms with Gasteiger partial charge in [-0.15, -0.1) is 0 Å². The fraction of sp³-hybridized carbons (Fsp3) is 0.217. The molecule has 5 nitrogen and oxygen atoms in total. The number of fused-ring (bicyclic) bond motifs is 2. The first kappa shape index (κ1) is 18.0. The highest BCUT2D eigenvalue weighted by Gasteiger charge is 2.41. The summed E-state index contributed by atoms with van der Waals surface area (Å²) in [4.78, 5) is 27.3. The van der Waals surface area contributed by atoms with E-state index in [9.17, 15) is 9.59 Å². The molecule has 142 valence electrons. The van der Waals surface area contributed by atoms with Crippen molar-refractivity contribution in [1.82, 2.24) is 0 Å². The molecule has 0 aliphatic carbocycles. The maximum atomic E-state index is 12.9. The zero-order chi connectivity index (χ0) is 19.9. The maximum Gasteiger partial charge on any atom is 0.271 e. The molecule has 0 unspecified atom stereocenters. The lowest BCUT2D eigenvalue weighted by Crippen LogP contribution is -2.54. The zero-order valence-corrected chi connectivity index (χ0v) is 16.2. The molecule has 0 saturated heterocycles. The Balaban J connectivity index is 1.63. The topological polar surface area (TPSA) is 58.6 Å². The van der Waals surface area contributed by atoms with Crippen molar-refractivity contribution >= 4 is 34.0 Å². The summed E-state index contributed by atoms with van der Waals surface area (Å²) >= 11 is 0. The molecule has 1 heterocycles. The van der Waals surface area contributed by atoms with E-state index in [1.54, 1.807) is 13.8 Å². The van der Waals surface area contributed by atoms with Gasteiger partial charge >= 0.3 is 0 Å². The molecule has 0 bridgehead atoms. The quantitative estimate of drug-likeness (QED) is 0.744. The van der Waals surface area contributed by atoms with E-state index in [1.165, 1.54) is 4.90 Å². The van der Waals surface area contributed by atoms with Crippen molar-refractivity contribution in [2.75, 3.05) is 16.8 Å². The van der Waals surface area contributed by atoms with Crippen LogP contribution in [0, 0.1) is 6.92 Å². The van der Waals surface area contributed by atoms with Crippen molar-refractivity contribution < 1.29 is 14.3 Å². The van der Waals surface area contributed by atoms with Gasteiger partial charge in [0, 0.05) is 11.1 Å². The van der Waals surface area contributed by atoms with Crippen molar-refractivity contribution in [3.63, 3.8) is 0 Å². The fourth-order valence-electron chi connectivity index (χ4n) is 3.50. The number of nitrogens with zero attached hydrogens (tertiary/aromatic N) is 1. The van der Waals surface area contributed by atoms with Gasteiger partial charge in [0.2, 0.25) is 5.91 Å². The third kappa shape index (κ3) is 3.20. The third-order valence-corrected chi connectivity index (χ3v) is 4.90. The van der Waals surface area contributed by atoms with E-state index in [0.717, 1.165) is 22.0 Å². The van der Waals surface area contributed by atoms with Gasteiger partial charge in [0.15, 0.2) is 5.60 Å².